The molecule has 182 valence electrons. The number of aliphatic hydroxyl groups is 1. The lowest BCUT2D eigenvalue weighted by molar-refractivity contribution is 0.0647. The normalized spacial score (nSPS) is 18.3. The van der Waals surface area contributed by atoms with E-state index in [0.717, 1.165) is 54.3 Å². The second-order valence-electron chi connectivity index (χ2n) is 9.28. The number of ether oxygens (including phenoxy) is 1. The lowest BCUT2D eigenvalue weighted by atomic mass is 9.95. The number of nitrogens with one attached hydrogen (secondary N) is 2. The van der Waals surface area contributed by atoms with Gasteiger partial charge in [0, 0.05) is 12.7 Å². The Balaban J connectivity index is 1.53. The van der Waals surface area contributed by atoms with Crippen molar-refractivity contribution in [3.05, 3.63) is 35.1 Å². The van der Waals surface area contributed by atoms with E-state index < -0.39 is 0 Å². The number of nitrogens with zero attached hydrogens (tertiary/aromatic N) is 3. The number of carbonyl (C=O) groups is 1. The summed E-state index contributed by atoms with van der Waals surface area (Å²) < 4.78 is 6.17. The van der Waals surface area contributed by atoms with Gasteiger partial charge in [0.2, 0.25) is 5.88 Å². The molecule has 0 aromatic carbocycles. The van der Waals surface area contributed by atoms with E-state index in [-0.39, 0.29) is 18.1 Å². The number of hydrogen-bond acceptors (Lipinski definition) is 8. The first-order valence-corrected chi connectivity index (χ1v) is 12.8. The zero-order valence-corrected chi connectivity index (χ0v) is 20.8. The maximum atomic E-state index is 12.8. The van der Waals surface area contributed by atoms with E-state index in [1.165, 1.54) is 17.7 Å². The molecule has 1 fully saturated rings. The number of anilines is 2. The Morgan fingerprint density at radius 3 is 2.79 bits per heavy atom. The standard InChI is InChI=1S/C25H33N5O3S/c1-15(2)6-4-12-26-23(32)21-16(3)20-22(28-14-29-25(20)34-21)30-19-7-5-13-27-24(19)33-18-10-8-17(31)9-11-18/h5,7,13-15,17-18,31H,4,6,8-12H2,1-3H3,(H,26,32)(H,28,29,30). The fraction of sp³-hybridized carbons (Fsp3) is 0.520. The molecule has 8 nitrogen and oxygen atoms in total. The second kappa shape index (κ2) is 11.1. The van der Waals surface area contributed by atoms with E-state index >= 15 is 0 Å². The molecule has 1 aliphatic rings. The number of aromatic nitrogens is 3. The van der Waals surface area contributed by atoms with Crippen LogP contribution in [0.2, 0.25) is 0 Å². The van der Waals surface area contributed by atoms with Gasteiger partial charge in [0.05, 0.1) is 16.4 Å². The van der Waals surface area contributed by atoms with Crippen LogP contribution in [-0.4, -0.2) is 44.7 Å². The van der Waals surface area contributed by atoms with Gasteiger partial charge in [-0.05, 0) is 69.1 Å². The lowest BCUT2D eigenvalue weighted by Crippen LogP contribution is -2.27. The van der Waals surface area contributed by atoms with Crippen LogP contribution in [0.1, 0.15) is 67.6 Å². The van der Waals surface area contributed by atoms with E-state index in [0.29, 0.717) is 34.7 Å². The molecule has 1 saturated carbocycles. The van der Waals surface area contributed by atoms with Gasteiger partial charge in [0.25, 0.3) is 5.91 Å². The van der Waals surface area contributed by atoms with Crippen molar-refractivity contribution in [1.29, 1.82) is 0 Å². The average molecular weight is 484 g/mol. The summed E-state index contributed by atoms with van der Waals surface area (Å²) in [7, 11) is 0. The minimum atomic E-state index is -0.237. The molecule has 3 aromatic rings. The fourth-order valence-electron chi connectivity index (χ4n) is 4.20. The zero-order valence-electron chi connectivity index (χ0n) is 20.0. The predicted octanol–water partition coefficient (Wildman–Crippen LogP) is 4.99. The Morgan fingerprint density at radius 2 is 2.03 bits per heavy atom. The molecule has 1 amide bonds. The number of fused-ring (bicyclic) bond motifs is 1. The first-order chi connectivity index (χ1) is 16.4. The molecule has 0 aliphatic heterocycles. The molecule has 0 unspecified atom stereocenters. The van der Waals surface area contributed by atoms with E-state index in [9.17, 15) is 9.90 Å². The van der Waals surface area contributed by atoms with Crippen molar-refractivity contribution < 1.29 is 14.6 Å². The van der Waals surface area contributed by atoms with Gasteiger partial charge in [-0.2, -0.15) is 0 Å². The Morgan fingerprint density at radius 1 is 1.24 bits per heavy atom. The molecule has 0 radical (unpaired) electrons. The van der Waals surface area contributed by atoms with Crippen LogP contribution in [0.15, 0.2) is 24.7 Å². The van der Waals surface area contributed by atoms with Gasteiger partial charge in [-0.1, -0.05) is 13.8 Å². The van der Waals surface area contributed by atoms with Crippen molar-refractivity contribution in [2.75, 3.05) is 11.9 Å². The van der Waals surface area contributed by atoms with Crippen LogP contribution in [0.5, 0.6) is 5.88 Å². The van der Waals surface area contributed by atoms with Crippen molar-refractivity contribution >= 4 is 39.0 Å². The molecule has 3 N–H and O–H groups in total. The van der Waals surface area contributed by atoms with Crippen molar-refractivity contribution in [3.63, 3.8) is 0 Å². The van der Waals surface area contributed by atoms with Crippen LogP contribution in [0, 0.1) is 12.8 Å². The monoisotopic (exact) mass is 483 g/mol. The molecule has 0 bridgehead atoms. The Hall–Kier alpha value is -2.78. The molecular weight excluding hydrogens is 450 g/mol. The maximum absolute atomic E-state index is 12.8. The van der Waals surface area contributed by atoms with E-state index in [1.807, 2.05) is 19.1 Å². The van der Waals surface area contributed by atoms with Gasteiger partial charge < -0.3 is 20.5 Å². The minimum absolute atomic E-state index is 0.0261. The number of rotatable bonds is 9. The highest BCUT2D eigenvalue weighted by Crippen LogP contribution is 2.36. The third-order valence-electron chi connectivity index (χ3n) is 6.12. The van der Waals surface area contributed by atoms with Gasteiger partial charge in [-0.15, -0.1) is 11.3 Å². The summed E-state index contributed by atoms with van der Waals surface area (Å²) in [6.07, 6.45) is 8.12. The molecule has 1 aliphatic carbocycles. The molecular formula is C25H33N5O3S. The molecule has 0 atom stereocenters. The summed E-state index contributed by atoms with van der Waals surface area (Å²) in [6, 6.07) is 3.74. The molecule has 3 aromatic heterocycles. The number of thiophene rings is 1. The first kappa shape index (κ1) is 24.3. The van der Waals surface area contributed by atoms with Crippen LogP contribution in [-0.2, 0) is 0 Å². The van der Waals surface area contributed by atoms with Crippen molar-refractivity contribution in [1.82, 2.24) is 20.3 Å². The first-order valence-electron chi connectivity index (χ1n) is 12.0. The topological polar surface area (TPSA) is 109 Å². The predicted molar refractivity (Wildman–Crippen MR) is 135 cm³/mol. The van der Waals surface area contributed by atoms with E-state index in [4.69, 9.17) is 4.74 Å². The van der Waals surface area contributed by atoms with E-state index in [1.54, 1.807) is 6.20 Å². The van der Waals surface area contributed by atoms with E-state index in [2.05, 4.69) is 39.4 Å². The Kier molecular flexibility index (Phi) is 7.95. The Bertz CT molecular complexity index is 1120. The van der Waals surface area contributed by atoms with Gasteiger partial charge in [-0.25, -0.2) is 15.0 Å². The summed E-state index contributed by atoms with van der Waals surface area (Å²) >= 11 is 1.38. The molecule has 9 heteroatoms. The smallest absolute Gasteiger partial charge is 0.261 e. The number of carbonyl (C=O) groups excluding carboxylic acids is 1. The maximum Gasteiger partial charge on any atom is 0.261 e. The van der Waals surface area contributed by atoms with Gasteiger partial charge in [-0.3, -0.25) is 4.79 Å². The summed E-state index contributed by atoms with van der Waals surface area (Å²) in [4.78, 5) is 27.5. The van der Waals surface area contributed by atoms with Crippen LogP contribution in [0.3, 0.4) is 0 Å². The number of amides is 1. The second-order valence-corrected chi connectivity index (χ2v) is 10.3. The quantitative estimate of drug-likeness (QED) is 0.368. The summed E-state index contributed by atoms with van der Waals surface area (Å²) in [5.74, 6) is 1.68. The number of pyridine rings is 1. The zero-order chi connectivity index (χ0) is 24.1. The molecule has 0 saturated heterocycles. The minimum Gasteiger partial charge on any atom is -0.473 e. The van der Waals surface area contributed by atoms with Gasteiger partial charge >= 0.3 is 0 Å². The van der Waals surface area contributed by atoms with Crippen molar-refractivity contribution in [3.8, 4) is 5.88 Å². The van der Waals surface area contributed by atoms with Crippen LogP contribution in [0.4, 0.5) is 11.5 Å². The number of hydrogen-bond donors (Lipinski definition) is 3. The van der Waals surface area contributed by atoms with Gasteiger partial charge in [0.1, 0.15) is 28.8 Å². The number of aliphatic hydroxyl groups excluding tert-OH is 1. The molecule has 34 heavy (non-hydrogen) atoms. The summed E-state index contributed by atoms with van der Waals surface area (Å²) in [5.41, 5.74) is 1.57. The third kappa shape index (κ3) is 5.82. The third-order valence-corrected chi connectivity index (χ3v) is 7.32. The average Bonchev–Trinajstić information content (AvgIpc) is 3.17. The summed E-state index contributed by atoms with van der Waals surface area (Å²) in [6.45, 7) is 6.97. The van der Waals surface area contributed by atoms with Crippen molar-refractivity contribution in [2.45, 2.75) is 71.5 Å². The highest BCUT2D eigenvalue weighted by atomic mass is 32.1. The lowest BCUT2D eigenvalue weighted by Gasteiger charge is -2.26. The highest BCUT2D eigenvalue weighted by Gasteiger charge is 2.23. The summed E-state index contributed by atoms with van der Waals surface area (Å²) in [5, 5.41) is 17.0. The molecule has 3 heterocycles. The molecule has 0 spiro atoms. The van der Waals surface area contributed by atoms with Gasteiger partial charge in [0.15, 0.2) is 0 Å². The molecule has 4 rings (SSSR count). The fourth-order valence-corrected chi connectivity index (χ4v) is 5.27. The largest absolute Gasteiger partial charge is 0.473 e. The van der Waals surface area contributed by atoms with Crippen LogP contribution in [0.25, 0.3) is 10.2 Å². The van der Waals surface area contributed by atoms with Crippen LogP contribution < -0.4 is 15.4 Å². The SMILES string of the molecule is Cc1c(C(=O)NCCCC(C)C)sc2ncnc(Nc3cccnc3OC3CCC(O)CC3)c12. The van der Waals surface area contributed by atoms with Crippen LogP contribution >= 0.6 is 11.3 Å². The number of aryl methyl sites for hydroxylation is 1. The van der Waals surface area contributed by atoms with Crippen molar-refractivity contribution in [2.24, 2.45) is 5.92 Å². The Labute approximate surface area is 204 Å². The highest BCUT2D eigenvalue weighted by molar-refractivity contribution is 7.20.